The van der Waals surface area contributed by atoms with Gasteiger partial charge in [-0.05, 0) is 42.8 Å². The molecule has 0 fully saturated rings. The summed E-state index contributed by atoms with van der Waals surface area (Å²) in [5.41, 5.74) is 3.92. The Kier molecular flexibility index (Phi) is 2.41. The van der Waals surface area contributed by atoms with Gasteiger partial charge in [-0.15, -0.1) is 0 Å². The van der Waals surface area contributed by atoms with Gasteiger partial charge in [0.25, 0.3) is 0 Å². The average Bonchev–Trinajstić information content (AvgIpc) is 2.76. The van der Waals surface area contributed by atoms with Crippen LogP contribution in [-0.2, 0) is 0 Å². The molecule has 2 aromatic heterocycles. The molecule has 0 radical (unpaired) electrons. The van der Waals surface area contributed by atoms with Crippen molar-refractivity contribution >= 4 is 16.9 Å². The Hall–Kier alpha value is -2.49. The van der Waals surface area contributed by atoms with Crippen molar-refractivity contribution in [2.75, 3.05) is 5.32 Å². The van der Waals surface area contributed by atoms with Crippen LogP contribution in [0.5, 0.6) is 5.75 Å². The topological polar surface area (TPSA) is 49.6 Å². The van der Waals surface area contributed by atoms with Crippen LogP contribution in [-0.4, -0.2) is 14.7 Å². The molecule has 0 saturated heterocycles. The van der Waals surface area contributed by atoms with Crippen LogP contribution in [0.3, 0.4) is 0 Å². The molecule has 0 atom stereocenters. The summed E-state index contributed by atoms with van der Waals surface area (Å²) in [6.07, 6.45) is 3.70. The van der Waals surface area contributed by atoms with Crippen LogP contribution in [0.15, 0.2) is 48.8 Å². The number of anilines is 2. The molecular formula is C14H13N3O. The molecular weight excluding hydrogens is 226 g/mol. The molecule has 4 nitrogen and oxygen atoms in total. The van der Waals surface area contributed by atoms with Crippen LogP contribution in [0.2, 0.25) is 0 Å². The number of pyridine rings is 1. The van der Waals surface area contributed by atoms with E-state index in [1.54, 1.807) is 18.3 Å². The summed E-state index contributed by atoms with van der Waals surface area (Å²) in [6, 6.07) is 11.2. The minimum Gasteiger partial charge on any atom is -0.508 e. The highest BCUT2D eigenvalue weighted by molar-refractivity contribution is 5.77. The van der Waals surface area contributed by atoms with Crippen molar-refractivity contribution in [1.29, 1.82) is 0 Å². The highest BCUT2D eigenvalue weighted by Gasteiger charge is 2.05. The van der Waals surface area contributed by atoms with Gasteiger partial charge >= 0.3 is 0 Å². The summed E-state index contributed by atoms with van der Waals surface area (Å²) in [7, 11) is 0. The Bertz CT molecular complexity index is 703. The molecule has 0 aliphatic heterocycles. The number of rotatable bonds is 2. The number of hydrogen-bond acceptors (Lipinski definition) is 3. The van der Waals surface area contributed by atoms with E-state index in [1.165, 1.54) is 0 Å². The molecule has 2 N–H and O–H groups in total. The molecule has 0 unspecified atom stereocenters. The van der Waals surface area contributed by atoms with Crippen LogP contribution in [0, 0.1) is 6.92 Å². The summed E-state index contributed by atoms with van der Waals surface area (Å²) in [5, 5.41) is 17.0. The van der Waals surface area contributed by atoms with Gasteiger partial charge in [0, 0.05) is 11.9 Å². The van der Waals surface area contributed by atoms with Gasteiger partial charge in [0.2, 0.25) is 0 Å². The zero-order valence-corrected chi connectivity index (χ0v) is 9.96. The largest absolute Gasteiger partial charge is 0.508 e. The zero-order chi connectivity index (χ0) is 12.5. The molecule has 0 aliphatic carbocycles. The predicted octanol–water partition coefficient (Wildman–Crippen LogP) is 3.09. The minimum atomic E-state index is 0.276. The Morgan fingerprint density at radius 3 is 2.89 bits per heavy atom. The van der Waals surface area contributed by atoms with Crippen molar-refractivity contribution < 1.29 is 5.11 Å². The third-order valence-corrected chi connectivity index (χ3v) is 2.91. The minimum absolute atomic E-state index is 0.276. The first-order valence-corrected chi connectivity index (χ1v) is 5.73. The summed E-state index contributed by atoms with van der Waals surface area (Å²) >= 11 is 0. The van der Waals surface area contributed by atoms with E-state index in [0.29, 0.717) is 0 Å². The molecule has 3 aromatic rings. The Morgan fingerprint density at radius 2 is 2.06 bits per heavy atom. The van der Waals surface area contributed by atoms with Crippen molar-refractivity contribution in [3.63, 3.8) is 0 Å². The Labute approximate surface area is 105 Å². The van der Waals surface area contributed by atoms with Gasteiger partial charge in [0.05, 0.1) is 17.4 Å². The van der Waals surface area contributed by atoms with Gasteiger partial charge in [-0.3, -0.25) is 0 Å². The second kappa shape index (κ2) is 4.07. The van der Waals surface area contributed by atoms with Crippen LogP contribution in [0.1, 0.15) is 5.56 Å². The molecule has 3 rings (SSSR count). The van der Waals surface area contributed by atoms with E-state index in [2.05, 4.69) is 10.4 Å². The molecule has 0 amide bonds. The standard InChI is InChI=1S/C14H13N3O/c1-10-8-11(18)5-6-12(10)16-13-9-15-17-7-3-2-4-14(13)17/h2-9,16,18H,1H3. The highest BCUT2D eigenvalue weighted by Crippen LogP contribution is 2.26. The van der Waals surface area contributed by atoms with Gasteiger partial charge < -0.3 is 10.4 Å². The van der Waals surface area contributed by atoms with Crippen LogP contribution < -0.4 is 5.32 Å². The molecule has 0 saturated carbocycles. The van der Waals surface area contributed by atoms with Crippen molar-refractivity contribution in [3.8, 4) is 5.75 Å². The smallest absolute Gasteiger partial charge is 0.115 e. The van der Waals surface area contributed by atoms with E-state index >= 15 is 0 Å². The van der Waals surface area contributed by atoms with E-state index in [-0.39, 0.29) is 5.75 Å². The molecule has 0 spiro atoms. The first kappa shape index (κ1) is 10.7. The summed E-state index contributed by atoms with van der Waals surface area (Å²) in [4.78, 5) is 0. The second-order valence-electron chi connectivity index (χ2n) is 4.21. The van der Waals surface area contributed by atoms with Crippen molar-refractivity contribution in [1.82, 2.24) is 9.61 Å². The number of aryl methyl sites for hydroxylation is 1. The van der Waals surface area contributed by atoms with Gasteiger partial charge in [0.15, 0.2) is 0 Å². The number of phenols is 1. The monoisotopic (exact) mass is 239 g/mol. The fraction of sp³-hybridized carbons (Fsp3) is 0.0714. The maximum atomic E-state index is 9.39. The fourth-order valence-electron chi connectivity index (χ4n) is 1.96. The molecule has 0 aliphatic rings. The first-order chi connectivity index (χ1) is 8.74. The zero-order valence-electron chi connectivity index (χ0n) is 9.96. The lowest BCUT2D eigenvalue weighted by Crippen LogP contribution is -1.92. The lowest BCUT2D eigenvalue weighted by atomic mass is 10.2. The number of aromatic nitrogens is 2. The van der Waals surface area contributed by atoms with E-state index in [0.717, 1.165) is 22.5 Å². The fourth-order valence-corrected chi connectivity index (χ4v) is 1.96. The van der Waals surface area contributed by atoms with Crippen molar-refractivity contribution in [3.05, 3.63) is 54.4 Å². The number of phenolic OH excluding ortho intramolecular Hbond substituents is 1. The molecule has 90 valence electrons. The number of aromatic hydroxyl groups is 1. The molecule has 18 heavy (non-hydrogen) atoms. The first-order valence-electron chi connectivity index (χ1n) is 5.73. The maximum Gasteiger partial charge on any atom is 0.115 e. The van der Waals surface area contributed by atoms with E-state index in [9.17, 15) is 5.11 Å². The second-order valence-corrected chi connectivity index (χ2v) is 4.21. The van der Waals surface area contributed by atoms with E-state index in [4.69, 9.17) is 0 Å². The Balaban J connectivity index is 2.01. The van der Waals surface area contributed by atoms with Crippen LogP contribution in [0.4, 0.5) is 11.4 Å². The summed E-state index contributed by atoms with van der Waals surface area (Å²) in [6.45, 7) is 1.95. The van der Waals surface area contributed by atoms with Gasteiger partial charge in [-0.1, -0.05) is 6.07 Å². The molecule has 4 heteroatoms. The number of fused-ring (bicyclic) bond motifs is 1. The SMILES string of the molecule is Cc1cc(O)ccc1Nc1cnn2ccccc12. The lowest BCUT2D eigenvalue weighted by Gasteiger charge is -2.08. The number of hydrogen-bond donors (Lipinski definition) is 2. The molecule has 2 heterocycles. The highest BCUT2D eigenvalue weighted by atomic mass is 16.3. The third-order valence-electron chi connectivity index (χ3n) is 2.91. The van der Waals surface area contributed by atoms with E-state index < -0.39 is 0 Å². The van der Waals surface area contributed by atoms with Crippen molar-refractivity contribution in [2.45, 2.75) is 6.92 Å². The normalized spacial score (nSPS) is 10.7. The van der Waals surface area contributed by atoms with E-state index in [1.807, 2.05) is 41.9 Å². The quantitative estimate of drug-likeness (QED) is 0.676. The molecule has 0 bridgehead atoms. The number of nitrogens with zero attached hydrogens (tertiary/aromatic N) is 2. The van der Waals surface area contributed by atoms with Gasteiger partial charge in [-0.25, -0.2) is 4.52 Å². The van der Waals surface area contributed by atoms with Gasteiger partial charge in [-0.2, -0.15) is 5.10 Å². The summed E-state index contributed by atoms with van der Waals surface area (Å²) in [5.74, 6) is 0.276. The number of nitrogens with one attached hydrogen (secondary N) is 1. The van der Waals surface area contributed by atoms with Crippen LogP contribution >= 0.6 is 0 Å². The third kappa shape index (κ3) is 1.78. The number of benzene rings is 1. The lowest BCUT2D eigenvalue weighted by molar-refractivity contribution is 0.475. The predicted molar refractivity (Wildman–Crippen MR) is 71.3 cm³/mol. The molecule has 1 aromatic carbocycles. The van der Waals surface area contributed by atoms with Crippen LogP contribution in [0.25, 0.3) is 5.52 Å². The maximum absolute atomic E-state index is 9.39. The summed E-state index contributed by atoms with van der Waals surface area (Å²) < 4.78 is 1.82. The van der Waals surface area contributed by atoms with Crippen molar-refractivity contribution in [2.24, 2.45) is 0 Å². The average molecular weight is 239 g/mol. The van der Waals surface area contributed by atoms with Gasteiger partial charge in [0.1, 0.15) is 5.75 Å². The Morgan fingerprint density at radius 1 is 1.17 bits per heavy atom.